The first kappa shape index (κ1) is 18.3. The Kier molecular flexibility index (Phi) is 4.58. The lowest BCUT2D eigenvalue weighted by Crippen LogP contribution is -2.35. The Bertz CT molecular complexity index is 1240. The Morgan fingerprint density at radius 1 is 1.24 bits per heavy atom. The molecule has 1 saturated heterocycles. The summed E-state index contributed by atoms with van der Waals surface area (Å²) in [5.41, 5.74) is 2.91. The Morgan fingerprint density at radius 3 is 2.83 bits per heavy atom. The van der Waals surface area contributed by atoms with Crippen molar-refractivity contribution in [3.05, 3.63) is 57.9 Å². The summed E-state index contributed by atoms with van der Waals surface area (Å²) in [7, 11) is 0. The van der Waals surface area contributed by atoms with Gasteiger partial charge < -0.3 is 14.3 Å². The molecule has 3 heterocycles. The minimum atomic E-state index is -0.128. The summed E-state index contributed by atoms with van der Waals surface area (Å²) >= 11 is 1.47. The maximum absolute atomic E-state index is 13.3. The van der Waals surface area contributed by atoms with Gasteiger partial charge in [-0.05, 0) is 25.1 Å². The molecule has 5 rings (SSSR count). The molecule has 1 aliphatic heterocycles. The number of thiazole rings is 1. The van der Waals surface area contributed by atoms with Crippen molar-refractivity contribution in [1.29, 1.82) is 0 Å². The number of hydrogen-bond acceptors (Lipinski definition) is 7. The van der Waals surface area contributed by atoms with E-state index in [2.05, 4.69) is 9.88 Å². The van der Waals surface area contributed by atoms with Gasteiger partial charge in [0.25, 0.3) is 0 Å². The van der Waals surface area contributed by atoms with Crippen molar-refractivity contribution in [3.63, 3.8) is 0 Å². The van der Waals surface area contributed by atoms with E-state index >= 15 is 0 Å². The molecule has 2 aromatic heterocycles. The number of fused-ring (bicyclic) bond motifs is 2. The number of nitrogens with zero attached hydrogens (tertiary/aromatic N) is 2. The molecule has 0 amide bonds. The number of benzene rings is 2. The third kappa shape index (κ3) is 3.21. The van der Waals surface area contributed by atoms with E-state index in [1.807, 2.05) is 24.3 Å². The second-order valence-corrected chi connectivity index (χ2v) is 8.27. The molecular weight excluding hydrogens is 388 g/mol. The summed E-state index contributed by atoms with van der Waals surface area (Å²) in [5.74, 6) is 0.180. The summed E-state index contributed by atoms with van der Waals surface area (Å²) in [6.07, 6.45) is 1.45. The maximum atomic E-state index is 13.3. The minimum absolute atomic E-state index is 0.128. The summed E-state index contributed by atoms with van der Waals surface area (Å²) in [4.78, 5) is 20.1. The van der Waals surface area contributed by atoms with E-state index in [-0.39, 0.29) is 11.2 Å². The second-order valence-electron chi connectivity index (χ2n) is 7.24. The third-order valence-corrected chi connectivity index (χ3v) is 6.44. The molecule has 0 bridgehead atoms. The van der Waals surface area contributed by atoms with Gasteiger partial charge in [-0.2, -0.15) is 0 Å². The van der Waals surface area contributed by atoms with Gasteiger partial charge in [0.1, 0.15) is 22.6 Å². The molecule has 0 saturated carbocycles. The van der Waals surface area contributed by atoms with Crippen LogP contribution in [0.25, 0.3) is 31.8 Å². The van der Waals surface area contributed by atoms with Crippen LogP contribution in [0.15, 0.2) is 45.8 Å². The first-order valence-electron chi connectivity index (χ1n) is 9.55. The van der Waals surface area contributed by atoms with Gasteiger partial charge in [0.05, 0.1) is 34.4 Å². The van der Waals surface area contributed by atoms with E-state index in [0.29, 0.717) is 46.9 Å². The number of phenolic OH excluding ortho intramolecular Hbond substituents is 1. The highest BCUT2D eigenvalue weighted by Crippen LogP contribution is 2.33. The van der Waals surface area contributed by atoms with E-state index in [1.54, 1.807) is 13.0 Å². The Hall–Kier alpha value is -2.74. The average molecular weight is 408 g/mol. The predicted molar refractivity (Wildman–Crippen MR) is 114 cm³/mol. The zero-order valence-corrected chi connectivity index (χ0v) is 16.8. The zero-order chi connectivity index (χ0) is 20.0. The van der Waals surface area contributed by atoms with Crippen molar-refractivity contribution < 1.29 is 14.3 Å². The van der Waals surface area contributed by atoms with Crippen LogP contribution in [0.4, 0.5) is 0 Å². The lowest BCUT2D eigenvalue weighted by molar-refractivity contribution is 0.0339. The lowest BCUT2D eigenvalue weighted by atomic mass is 10.0. The van der Waals surface area contributed by atoms with Crippen molar-refractivity contribution in [1.82, 2.24) is 9.88 Å². The molecule has 29 heavy (non-hydrogen) atoms. The smallest absolute Gasteiger partial charge is 0.202 e. The van der Waals surface area contributed by atoms with Gasteiger partial charge >= 0.3 is 0 Å². The molecule has 0 atom stereocenters. The molecule has 148 valence electrons. The van der Waals surface area contributed by atoms with Gasteiger partial charge in [-0.15, -0.1) is 11.3 Å². The van der Waals surface area contributed by atoms with E-state index in [1.165, 1.54) is 17.6 Å². The number of phenols is 1. The number of aromatic hydroxyl groups is 1. The molecule has 0 radical (unpaired) electrons. The van der Waals surface area contributed by atoms with Gasteiger partial charge in [-0.25, -0.2) is 4.98 Å². The SMILES string of the molecule is Cc1c(O)c(CN2CCOCC2)cc2c(=O)c(-c3nc4ccccc4s3)coc12. The fraction of sp³-hybridized carbons (Fsp3) is 0.273. The Labute approximate surface area is 171 Å². The Morgan fingerprint density at radius 2 is 2.03 bits per heavy atom. The zero-order valence-electron chi connectivity index (χ0n) is 16.0. The summed E-state index contributed by atoms with van der Waals surface area (Å²) in [6, 6.07) is 9.56. The molecule has 0 unspecified atom stereocenters. The quantitative estimate of drug-likeness (QED) is 0.554. The van der Waals surface area contributed by atoms with Crippen molar-refractivity contribution >= 4 is 32.5 Å². The first-order valence-corrected chi connectivity index (χ1v) is 10.4. The number of aryl methyl sites for hydroxylation is 1. The van der Waals surface area contributed by atoms with E-state index in [4.69, 9.17) is 9.15 Å². The van der Waals surface area contributed by atoms with Crippen LogP contribution in [0.2, 0.25) is 0 Å². The highest BCUT2D eigenvalue weighted by atomic mass is 32.1. The van der Waals surface area contributed by atoms with Crippen molar-refractivity contribution in [2.75, 3.05) is 26.3 Å². The van der Waals surface area contributed by atoms with Gasteiger partial charge in [0, 0.05) is 30.8 Å². The molecule has 0 aliphatic carbocycles. The molecule has 1 N–H and O–H groups in total. The van der Waals surface area contributed by atoms with Crippen LogP contribution in [-0.2, 0) is 11.3 Å². The van der Waals surface area contributed by atoms with Crippen LogP contribution in [-0.4, -0.2) is 41.3 Å². The summed E-state index contributed by atoms with van der Waals surface area (Å²) in [6.45, 7) is 5.31. The van der Waals surface area contributed by atoms with Crippen LogP contribution < -0.4 is 5.43 Å². The molecule has 0 spiro atoms. The molecule has 1 aliphatic rings. The number of rotatable bonds is 3. The molecule has 4 aromatic rings. The van der Waals surface area contributed by atoms with Gasteiger partial charge in [-0.1, -0.05) is 12.1 Å². The monoisotopic (exact) mass is 408 g/mol. The van der Waals surface area contributed by atoms with E-state index in [9.17, 15) is 9.90 Å². The number of para-hydroxylation sites is 1. The van der Waals surface area contributed by atoms with Gasteiger partial charge in [0.15, 0.2) is 0 Å². The molecule has 6 nitrogen and oxygen atoms in total. The molecule has 2 aromatic carbocycles. The highest BCUT2D eigenvalue weighted by molar-refractivity contribution is 7.21. The van der Waals surface area contributed by atoms with Crippen molar-refractivity contribution in [2.24, 2.45) is 0 Å². The second kappa shape index (κ2) is 7.26. The highest BCUT2D eigenvalue weighted by Gasteiger charge is 2.20. The number of hydrogen-bond donors (Lipinski definition) is 1. The van der Waals surface area contributed by atoms with Crippen molar-refractivity contribution in [2.45, 2.75) is 13.5 Å². The first-order chi connectivity index (χ1) is 14.1. The normalized spacial score (nSPS) is 15.3. The van der Waals surface area contributed by atoms with E-state index < -0.39 is 0 Å². The molecule has 7 heteroatoms. The lowest BCUT2D eigenvalue weighted by Gasteiger charge is -2.27. The third-order valence-electron chi connectivity index (χ3n) is 5.37. The van der Waals surface area contributed by atoms with Gasteiger partial charge in [-0.3, -0.25) is 9.69 Å². The fourth-order valence-electron chi connectivity index (χ4n) is 3.75. The standard InChI is InChI=1S/C22H20N2O4S/c1-13-19(25)14(11-24-6-8-27-9-7-24)10-15-20(26)16(12-28-21(13)15)22-23-17-4-2-3-5-18(17)29-22/h2-5,10,12,25H,6-9,11H2,1H3. The maximum Gasteiger partial charge on any atom is 0.202 e. The van der Waals surface area contributed by atoms with Crippen LogP contribution in [0.3, 0.4) is 0 Å². The van der Waals surface area contributed by atoms with E-state index in [0.717, 1.165) is 28.9 Å². The van der Waals surface area contributed by atoms with Crippen LogP contribution in [0.1, 0.15) is 11.1 Å². The fourth-order valence-corrected chi connectivity index (χ4v) is 4.72. The van der Waals surface area contributed by atoms with Crippen LogP contribution in [0, 0.1) is 6.92 Å². The summed E-state index contributed by atoms with van der Waals surface area (Å²) in [5, 5.41) is 11.8. The summed E-state index contributed by atoms with van der Waals surface area (Å²) < 4.78 is 12.2. The van der Waals surface area contributed by atoms with Crippen LogP contribution in [0.5, 0.6) is 5.75 Å². The number of ether oxygens (including phenoxy) is 1. The average Bonchev–Trinajstić information content (AvgIpc) is 3.17. The van der Waals surface area contributed by atoms with Crippen LogP contribution >= 0.6 is 11.3 Å². The van der Waals surface area contributed by atoms with Gasteiger partial charge in [0.2, 0.25) is 5.43 Å². The number of morpholine rings is 1. The number of aromatic nitrogens is 1. The van der Waals surface area contributed by atoms with Crippen molar-refractivity contribution in [3.8, 4) is 16.3 Å². The predicted octanol–water partition coefficient (Wildman–Crippen LogP) is 3.92. The molecular formula is C22H20N2O4S. The molecule has 1 fully saturated rings. The largest absolute Gasteiger partial charge is 0.507 e. The Balaban J connectivity index is 1.63. The topological polar surface area (TPSA) is 75.8 Å². The minimum Gasteiger partial charge on any atom is -0.507 e.